The highest BCUT2D eigenvalue weighted by molar-refractivity contribution is 7.21. The van der Waals surface area contributed by atoms with E-state index in [4.69, 9.17) is 5.73 Å². The molecular weight excluding hydrogens is 302 g/mol. The molecule has 0 amide bonds. The van der Waals surface area contributed by atoms with Crippen LogP contribution in [0.4, 0.5) is 5.69 Å². The number of aromatic amines is 1. The highest BCUT2D eigenvalue weighted by atomic mass is 32.1. The summed E-state index contributed by atoms with van der Waals surface area (Å²) in [5, 5.41) is 0.289. The summed E-state index contributed by atoms with van der Waals surface area (Å²) in [6.45, 7) is 1.43. The van der Waals surface area contributed by atoms with E-state index < -0.39 is 5.56 Å². The molecule has 2 fully saturated rings. The summed E-state index contributed by atoms with van der Waals surface area (Å²) in [6.07, 6.45) is 4.48. The van der Waals surface area contributed by atoms with Gasteiger partial charge in [-0.25, -0.2) is 4.79 Å². The van der Waals surface area contributed by atoms with Gasteiger partial charge in [0.05, 0.1) is 16.0 Å². The van der Waals surface area contributed by atoms with Gasteiger partial charge in [0.2, 0.25) is 0 Å². The summed E-state index contributed by atoms with van der Waals surface area (Å²) in [4.78, 5) is 39.5. The van der Waals surface area contributed by atoms with Crippen LogP contribution < -0.4 is 17.0 Å². The molecule has 0 spiro atoms. The van der Waals surface area contributed by atoms with E-state index in [1.165, 1.54) is 24.7 Å². The number of fused-ring (bicyclic) bond motifs is 3. The maximum absolute atomic E-state index is 12.4. The van der Waals surface area contributed by atoms with Crippen LogP contribution in [0.25, 0.3) is 10.2 Å². The third-order valence-corrected chi connectivity index (χ3v) is 6.47. The summed E-state index contributed by atoms with van der Waals surface area (Å²) in [5.41, 5.74) is 5.31. The van der Waals surface area contributed by atoms with Crippen LogP contribution in [0.15, 0.2) is 9.59 Å². The van der Waals surface area contributed by atoms with Crippen molar-refractivity contribution in [2.45, 2.75) is 38.6 Å². The Hall–Kier alpha value is -1.89. The van der Waals surface area contributed by atoms with Crippen LogP contribution in [0.2, 0.25) is 0 Å². The Balaban J connectivity index is 2.02. The molecule has 7 heteroatoms. The molecule has 2 heterocycles. The number of carbonyl (C=O) groups is 1. The van der Waals surface area contributed by atoms with Gasteiger partial charge < -0.3 is 5.73 Å². The number of aromatic nitrogens is 2. The van der Waals surface area contributed by atoms with Gasteiger partial charge in [-0.15, -0.1) is 11.3 Å². The Kier molecular flexibility index (Phi) is 2.84. The minimum Gasteiger partial charge on any atom is -0.397 e. The number of anilines is 1. The molecule has 116 valence electrons. The van der Waals surface area contributed by atoms with Crippen molar-refractivity contribution in [3.8, 4) is 0 Å². The molecule has 2 aromatic rings. The van der Waals surface area contributed by atoms with Gasteiger partial charge in [-0.05, 0) is 31.1 Å². The summed E-state index contributed by atoms with van der Waals surface area (Å²) < 4.78 is 1.69. The molecule has 0 radical (unpaired) electrons. The second kappa shape index (κ2) is 4.55. The molecule has 2 saturated carbocycles. The van der Waals surface area contributed by atoms with Crippen LogP contribution in [-0.2, 0) is 0 Å². The van der Waals surface area contributed by atoms with Crippen LogP contribution in [0.5, 0.6) is 0 Å². The molecule has 2 aliphatic carbocycles. The molecule has 3 atom stereocenters. The van der Waals surface area contributed by atoms with Crippen molar-refractivity contribution in [1.82, 2.24) is 9.55 Å². The largest absolute Gasteiger partial charge is 0.397 e. The van der Waals surface area contributed by atoms with E-state index in [1.54, 1.807) is 4.57 Å². The number of Topliss-reactive ketones (excluding diaryl/α,β-unsaturated/α-hetero) is 1. The standard InChI is InChI=1S/C15H17N3O3S/c1-6(19)12-11(16)10-13(20)17-15(21)18(14(10)22-12)9-5-7-2-3-8(9)4-7/h7-9H,2-5,16H2,1H3,(H,17,20,21). The summed E-state index contributed by atoms with van der Waals surface area (Å²) >= 11 is 1.17. The van der Waals surface area contributed by atoms with Gasteiger partial charge in [0.15, 0.2) is 5.78 Å². The fourth-order valence-corrected chi connectivity index (χ4v) is 5.39. The number of hydrogen-bond donors (Lipinski definition) is 2. The molecule has 2 aliphatic rings. The zero-order valence-electron chi connectivity index (χ0n) is 12.2. The summed E-state index contributed by atoms with van der Waals surface area (Å²) in [5.74, 6) is 0.986. The number of nitrogens with zero attached hydrogens (tertiary/aromatic N) is 1. The van der Waals surface area contributed by atoms with Crippen LogP contribution >= 0.6 is 11.3 Å². The first-order valence-corrected chi connectivity index (χ1v) is 8.36. The smallest absolute Gasteiger partial charge is 0.329 e. The van der Waals surface area contributed by atoms with Crippen molar-refractivity contribution in [3.05, 3.63) is 25.7 Å². The van der Waals surface area contributed by atoms with E-state index in [1.807, 2.05) is 0 Å². The molecule has 0 aliphatic heterocycles. The fraction of sp³-hybridized carbons (Fsp3) is 0.533. The molecule has 2 bridgehead atoms. The molecule has 2 aromatic heterocycles. The van der Waals surface area contributed by atoms with Crippen LogP contribution in [0.1, 0.15) is 48.3 Å². The second-order valence-corrected chi connectivity index (χ2v) is 7.45. The first-order chi connectivity index (χ1) is 10.5. The van der Waals surface area contributed by atoms with Gasteiger partial charge in [-0.3, -0.25) is 19.1 Å². The van der Waals surface area contributed by atoms with Gasteiger partial charge in [0.1, 0.15) is 4.83 Å². The van der Waals surface area contributed by atoms with E-state index in [2.05, 4.69) is 4.98 Å². The van der Waals surface area contributed by atoms with Gasteiger partial charge in [-0.1, -0.05) is 6.42 Å². The monoisotopic (exact) mass is 319 g/mol. The zero-order valence-corrected chi connectivity index (χ0v) is 13.0. The maximum Gasteiger partial charge on any atom is 0.329 e. The van der Waals surface area contributed by atoms with Crippen LogP contribution in [-0.4, -0.2) is 15.3 Å². The van der Waals surface area contributed by atoms with Gasteiger partial charge in [0.25, 0.3) is 5.56 Å². The van der Waals surface area contributed by atoms with Crippen molar-refractivity contribution in [2.24, 2.45) is 11.8 Å². The summed E-state index contributed by atoms with van der Waals surface area (Å²) in [6, 6.07) is 0.114. The van der Waals surface area contributed by atoms with Crippen LogP contribution in [0.3, 0.4) is 0 Å². The number of hydrogen-bond acceptors (Lipinski definition) is 5. The van der Waals surface area contributed by atoms with E-state index >= 15 is 0 Å². The number of nitrogen functional groups attached to an aromatic ring is 1. The molecule has 22 heavy (non-hydrogen) atoms. The van der Waals surface area contributed by atoms with Crippen molar-refractivity contribution in [2.75, 3.05) is 5.73 Å². The number of H-pyrrole nitrogens is 1. The number of rotatable bonds is 2. The Labute approximate surface area is 129 Å². The maximum atomic E-state index is 12.4. The van der Waals surface area contributed by atoms with Gasteiger partial charge in [-0.2, -0.15) is 0 Å². The number of carbonyl (C=O) groups excluding carboxylic acids is 1. The Morgan fingerprint density at radius 3 is 2.68 bits per heavy atom. The second-order valence-electron chi connectivity index (χ2n) is 6.45. The SMILES string of the molecule is CC(=O)c1sc2c(c1N)c(=O)[nH]c(=O)n2C1CC2CCC1C2. The molecule has 3 N–H and O–H groups in total. The zero-order chi connectivity index (χ0) is 15.6. The fourth-order valence-electron chi connectivity index (χ4n) is 4.22. The Bertz CT molecular complexity index is 907. The number of ketones is 1. The number of nitrogens with one attached hydrogen (secondary N) is 1. The van der Waals surface area contributed by atoms with Crippen LogP contribution in [0, 0.1) is 11.8 Å². The average Bonchev–Trinajstić information content (AvgIpc) is 3.12. The first kappa shape index (κ1) is 13.8. The van der Waals surface area contributed by atoms with Crippen molar-refractivity contribution in [3.63, 3.8) is 0 Å². The third-order valence-electron chi connectivity index (χ3n) is 5.16. The molecular formula is C15H17N3O3S. The Morgan fingerprint density at radius 1 is 1.32 bits per heavy atom. The Morgan fingerprint density at radius 2 is 2.09 bits per heavy atom. The number of thiophene rings is 1. The third kappa shape index (κ3) is 1.75. The topological polar surface area (TPSA) is 98.0 Å². The lowest BCUT2D eigenvalue weighted by Gasteiger charge is -2.24. The predicted octanol–water partition coefficient (Wildman–Crippen LogP) is 1.90. The highest BCUT2D eigenvalue weighted by Crippen LogP contribution is 2.51. The van der Waals surface area contributed by atoms with Gasteiger partial charge in [0, 0.05) is 13.0 Å². The molecule has 3 unspecified atom stereocenters. The van der Waals surface area contributed by atoms with E-state index in [-0.39, 0.29) is 28.6 Å². The van der Waals surface area contributed by atoms with Crippen molar-refractivity contribution < 1.29 is 4.79 Å². The minimum absolute atomic E-state index is 0.114. The lowest BCUT2D eigenvalue weighted by molar-refractivity contribution is 0.102. The molecule has 4 rings (SSSR count). The first-order valence-electron chi connectivity index (χ1n) is 7.55. The molecule has 0 saturated heterocycles. The lowest BCUT2D eigenvalue weighted by atomic mass is 9.95. The average molecular weight is 319 g/mol. The number of nitrogens with two attached hydrogens (primary N) is 1. The molecule has 0 aromatic carbocycles. The lowest BCUT2D eigenvalue weighted by Crippen LogP contribution is -2.34. The summed E-state index contributed by atoms with van der Waals surface area (Å²) in [7, 11) is 0. The minimum atomic E-state index is -0.499. The van der Waals surface area contributed by atoms with Crippen molar-refractivity contribution >= 4 is 33.0 Å². The van der Waals surface area contributed by atoms with E-state index in [0.29, 0.717) is 21.5 Å². The van der Waals surface area contributed by atoms with E-state index in [0.717, 1.165) is 19.3 Å². The predicted molar refractivity (Wildman–Crippen MR) is 85.6 cm³/mol. The van der Waals surface area contributed by atoms with E-state index in [9.17, 15) is 14.4 Å². The quantitative estimate of drug-likeness (QED) is 0.826. The highest BCUT2D eigenvalue weighted by Gasteiger charge is 2.41. The normalized spacial score (nSPS) is 26.9. The van der Waals surface area contributed by atoms with Crippen molar-refractivity contribution in [1.29, 1.82) is 0 Å². The van der Waals surface area contributed by atoms with Gasteiger partial charge >= 0.3 is 5.69 Å². The molecule has 6 nitrogen and oxygen atoms in total.